The fourth-order valence-electron chi connectivity index (χ4n) is 4.82. The summed E-state index contributed by atoms with van der Waals surface area (Å²) in [7, 11) is 0. The van der Waals surface area contributed by atoms with Crippen LogP contribution in [-0.4, -0.2) is 48.5 Å². The van der Waals surface area contributed by atoms with Gasteiger partial charge >= 0.3 is 12.5 Å². The number of benzene rings is 1. The van der Waals surface area contributed by atoms with E-state index in [-0.39, 0.29) is 30.3 Å². The molecule has 1 aromatic rings. The number of hydrogen-bond acceptors (Lipinski definition) is 4. The summed E-state index contributed by atoms with van der Waals surface area (Å²) in [4.78, 5) is 25.8. The second kappa shape index (κ2) is 7.31. The van der Waals surface area contributed by atoms with Gasteiger partial charge in [-0.1, -0.05) is 13.0 Å². The predicted octanol–water partition coefficient (Wildman–Crippen LogP) is 3.56. The molecular formula is C20H22F4N2O4. The summed E-state index contributed by atoms with van der Waals surface area (Å²) in [6.07, 6.45) is -3.71. The molecule has 1 saturated carbocycles. The smallest absolute Gasteiger partial charge is 0.447 e. The Balaban J connectivity index is 1.35. The Morgan fingerprint density at radius 2 is 2.07 bits per heavy atom. The predicted molar refractivity (Wildman–Crippen MR) is 96.1 cm³/mol. The molecule has 0 bridgehead atoms. The monoisotopic (exact) mass is 430 g/mol. The van der Waals surface area contributed by atoms with E-state index in [1.807, 2.05) is 6.92 Å². The number of piperidine rings is 1. The number of cyclic esters (lactones) is 1. The van der Waals surface area contributed by atoms with Crippen molar-refractivity contribution in [3.8, 4) is 5.75 Å². The fourth-order valence-corrected chi connectivity index (χ4v) is 4.82. The minimum Gasteiger partial charge on any atom is -0.447 e. The lowest BCUT2D eigenvalue weighted by Crippen LogP contribution is -2.59. The van der Waals surface area contributed by atoms with Gasteiger partial charge in [0, 0.05) is 19.0 Å². The van der Waals surface area contributed by atoms with Gasteiger partial charge in [0.15, 0.2) is 11.6 Å². The molecule has 0 aromatic heterocycles. The van der Waals surface area contributed by atoms with E-state index < -0.39 is 29.6 Å². The summed E-state index contributed by atoms with van der Waals surface area (Å²) >= 11 is 0. The van der Waals surface area contributed by atoms with Crippen molar-refractivity contribution in [2.75, 3.05) is 19.7 Å². The summed E-state index contributed by atoms with van der Waals surface area (Å²) in [5, 5.41) is 2.77. The van der Waals surface area contributed by atoms with Crippen LogP contribution in [0.1, 0.15) is 37.7 Å². The number of alkyl halides is 3. The lowest BCUT2D eigenvalue weighted by atomic mass is 9.68. The van der Waals surface area contributed by atoms with Gasteiger partial charge in [-0.25, -0.2) is 9.18 Å². The molecule has 1 N–H and O–H groups in total. The fraction of sp³-hybridized carbons (Fsp3) is 0.600. The highest BCUT2D eigenvalue weighted by atomic mass is 19.4. The second-order valence-electron chi connectivity index (χ2n) is 8.48. The van der Waals surface area contributed by atoms with Crippen molar-refractivity contribution in [1.82, 2.24) is 10.2 Å². The maximum Gasteiger partial charge on any atom is 0.573 e. The highest BCUT2D eigenvalue weighted by molar-refractivity contribution is 5.81. The minimum absolute atomic E-state index is 0.0139. The molecule has 6 nitrogen and oxygen atoms in total. The zero-order valence-corrected chi connectivity index (χ0v) is 16.3. The van der Waals surface area contributed by atoms with Crippen molar-refractivity contribution in [2.24, 2.45) is 11.8 Å². The summed E-state index contributed by atoms with van der Waals surface area (Å²) in [5.41, 5.74) is 0.175. The quantitative estimate of drug-likeness (QED) is 0.745. The number of nitrogens with one attached hydrogen (secondary N) is 1. The SMILES string of the molecule is C[C@H]1CN(C(=O)C2CC3(COC(=O)N3)C2)CC[C@H]1c1ccc(OC(F)(F)F)c(F)c1. The normalized spacial score (nSPS) is 31.2. The van der Waals surface area contributed by atoms with Gasteiger partial charge in [-0.2, -0.15) is 0 Å². The van der Waals surface area contributed by atoms with Crippen LogP contribution in [0.4, 0.5) is 22.4 Å². The Bertz CT molecular complexity index is 854. The molecule has 30 heavy (non-hydrogen) atoms. The summed E-state index contributed by atoms with van der Waals surface area (Å²) in [6, 6.07) is 3.52. The van der Waals surface area contributed by atoms with Crippen molar-refractivity contribution in [2.45, 2.75) is 44.0 Å². The first-order valence-corrected chi connectivity index (χ1v) is 9.84. The Hall–Kier alpha value is -2.52. The van der Waals surface area contributed by atoms with E-state index in [4.69, 9.17) is 4.74 Å². The van der Waals surface area contributed by atoms with E-state index in [1.165, 1.54) is 6.07 Å². The first-order chi connectivity index (χ1) is 14.1. The van der Waals surface area contributed by atoms with Gasteiger partial charge in [0.05, 0.1) is 5.54 Å². The maximum atomic E-state index is 14.1. The van der Waals surface area contributed by atoms with E-state index in [2.05, 4.69) is 10.1 Å². The number of nitrogens with zero attached hydrogens (tertiary/aromatic N) is 1. The van der Waals surface area contributed by atoms with Crippen molar-refractivity contribution in [3.63, 3.8) is 0 Å². The van der Waals surface area contributed by atoms with Crippen molar-refractivity contribution >= 4 is 12.0 Å². The molecule has 10 heteroatoms. The van der Waals surface area contributed by atoms with Gasteiger partial charge in [0.2, 0.25) is 5.91 Å². The molecule has 1 spiro atoms. The van der Waals surface area contributed by atoms with Crippen molar-refractivity contribution in [3.05, 3.63) is 29.6 Å². The number of carbonyl (C=O) groups is 2. The first-order valence-electron chi connectivity index (χ1n) is 9.84. The average molecular weight is 430 g/mol. The highest BCUT2D eigenvalue weighted by Gasteiger charge is 2.53. The molecule has 2 saturated heterocycles. The Labute approximate surface area is 170 Å². The van der Waals surface area contributed by atoms with E-state index in [1.54, 1.807) is 4.90 Å². The lowest BCUT2D eigenvalue weighted by Gasteiger charge is -2.46. The van der Waals surface area contributed by atoms with Crippen LogP contribution in [0.25, 0.3) is 0 Å². The van der Waals surface area contributed by atoms with Gasteiger partial charge in [-0.15, -0.1) is 13.2 Å². The number of alkyl carbamates (subject to hydrolysis) is 1. The van der Waals surface area contributed by atoms with Gasteiger partial charge in [-0.3, -0.25) is 4.79 Å². The molecular weight excluding hydrogens is 408 g/mol. The zero-order chi connectivity index (χ0) is 21.7. The standard InChI is InChI=1S/C20H22F4N2O4/c1-11-9-26(17(27)13-7-19(8-13)10-29-18(28)25-19)5-4-14(11)12-2-3-16(15(21)6-12)30-20(22,23)24/h2-3,6,11,13-14H,4-5,7-10H2,1H3,(H,25,28)/t11-,13?,14+,19?/m0/s1. The third-order valence-electron chi connectivity index (χ3n) is 6.30. The van der Waals surface area contributed by atoms with Crippen LogP contribution in [0, 0.1) is 17.7 Å². The van der Waals surface area contributed by atoms with Crippen LogP contribution in [0.15, 0.2) is 18.2 Å². The number of carbonyl (C=O) groups excluding carboxylic acids is 2. The van der Waals surface area contributed by atoms with Crippen LogP contribution in [-0.2, 0) is 9.53 Å². The number of likely N-dealkylation sites (tertiary alicyclic amines) is 1. The number of hydrogen-bond donors (Lipinski definition) is 1. The van der Waals surface area contributed by atoms with Crippen molar-refractivity contribution in [1.29, 1.82) is 0 Å². The Kier molecular flexibility index (Phi) is 5.06. The van der Waals surface area contributed by atoms with Crippen LogP contribution >= 0.6 is 0 Å². The maximum absolute atomic E-state index is 14.1. The molecule has 2 aliphatic heterocycles. The number of halogens is 4. The molecule has 0 unspecified atom stereocenters. The molecule has 164 valence electrons. The molecule has 3 aliphatic rings. The second-order valence-corrected chi connectivity index (χ2v) is 8.48. The summed E-state index contributed by atoms with van der Waals surface area (Å²) in [5.74, 6) is -2.09. The third kappa shape index (κ3) is 4.04. The largest absolute Gasteiger partial charge is 0.573 e. The topological polar surface area (TPSA) is 67.9 Å². The summed E-state index contributed by atoms with van der Waals surface area (Å²) < 4.78 is 59.6. The molecule has 1 aliphatic carbocycles. The molecule has 1 aromatic carbocycles. The Morgan fingerprint density at radius 3 is 2.63 bits per heavy atom. The molecule has 4 rings (SSSR count). The zero-order valence-electron chi connectivity index (χ0n) is 16.3. The third-order valence-corrected chi connectivity index (χ3v) is 6.30. The first kappa shape index (κ1) is 20.7. The van der Waals surface area contributed by atoms with Crippen LogP contribution in [0.5, 0.6) is 5.75 Å². The number of ether oxygens (including phenoxy) is 2. The molecule has 2 amide bonds. The minimum atomic E-state index is -4.95. The van der Waals surface area contributed by atoms with E-state index in [9.17, 15) is 27.2 Å². The van der Waals surface area contributed by atoms with Gasteiger partial charge in [0.1, 0.15) is 6.61 Å². The van der Waals surface area contributed by atoms with Crippen LogP contribution in [0.3, 0.4) is 0 Å². The van der Waals surface area contributed by atoms with E-state index in [0.717, 1.165) is 12.1 Å². The number of amides is 2. The molecule has 2 atom stereocenters. The Morgan fingerprint density at radius 1 is 1.33 bits per heavy atom. The molecule has 0 radical (unpaired) electrons. The lowest BCUT2D eigenvalue weighted by molar-refractivity contribution is -0.275. The van der Waals surface area contributed by atoms with Crippen LogP contribution in [0.2, 0.25) is 0 Å². The molecule has 2 heterocycles. The number of rotatable bonds is 3. The average Bonchev–Trinajstić information content (AvgIpc) is 3.03. The van der Waals surface area contributed by atoms with Crippen molar-refractivity contribution < 1.29 is 36.6 Å². The van der Waals surface area contributed by atoms with Gasteiger partial charge in [0.25, 0.3) is 0 Å². The van der Waals surface area contributed by atoms with Crippen LogP contribution < -0.4 is 10.1 Å². The van der Waals surface area contributed by atoms with Gasteiger partial charge < -0.3 is 19.7 Å². The van der Waals surface area contributed by atoms with E-state index in [0.29, 0.717) is 37.9 Å². The summed E-state index contributed by atoms with van der Waals surface area (Å²) in [6.45, 7) is 3.20. The molecule has 3 fully saturated rings. The van der Waals surface area contributed by atoms with E-state index >= 15 is 0 Å². The van der Waals surface area contributed by atoms with Gasteiger partial charge in [-0.05, 0) is 48.8 Å². The highest BCUT2D eigenvalue weighted by Crippen LogP contribution is 2.43.